The van der Waals surface area contributed by atoms with Crippen LogP contribution >= 0.6 is 11.8 Å². The molecule has 1 heterocycles. The van der Waals surface area contributed by atoms with Gasteiger partial charge < -0.3 is 10.5 Å². The van der Waals surface area contributed by atoms with E-state index in [-0.39, 0.29) is 22.3 Å². The molecule has 0 radical (unpaired) electrons. The number of esters is 1. The van der Waals surface area contributed by atoms with Gasteiger partial charge in [0.1, 0.15) is 11.4 Å². The third-order valence-corrected chi connectivity index (χ3v) is 2.76. The number of hydrogen-bond donors (Lipinski definition) is 1. The van der Waals surface area contributed by atoms with Crippen molar-refractivity contribution in [3.05, 3.63) is 22.2 Å². The molecule has 1 rings (SSSR count). The number of carbonyl (C=O) groups is 1. The summed E-state index contributed by atoms with van der Waals surface area (Å²) in [6.07, 6.45) is 0. The van der Waals surface area contributed by atoms with Gasteiger partial charge in [-0.15, -0.1) is 0 Å². The van der Waals surface area contributed by atoms with Crippen molar-refractivity contribution < 1.29 is 14.5 Å². The van der Waals surface area contributed by atoms with Crippen LogP contribution in [-0.4, -0.2) is 27.2 Å². The van der Waals surface area contributed by atoms with Gasteiger partial charge in [0.25, 0.3) is 0 Å². The number of nitro groups is 1. The van der Waals surface area contributed by atoms with Gasteiger partial charge in [-0.05, 0) is 26.8 Å². The van der Waals surface area contributed by atoms with Crippen molar-refractivity contribution in [1.82, 2.24) is 4.98 Å². The van der Waals surface area contributed by atoms with E-state index >= 15 is 0 Å². The van der Waals surface area contributed by atoms with Crippen LogP contribution in [0.15, 0.2) is 17.2 Å². The first-order valence-electron chi connectivity index (χ1n) is 5.44. The van der Waals surface area contributed by atoms with Crippen molar-refractivity contribution in [1.29, 1.82) is 0 Å². The lowest BCUT2D eigenvalue weighted by molar-refractivity contribution is -0.388. The van der Waals surface area contributed by atoms with Gasteiger partial charge in [-0.2, -0.15) is 0 Å². The minimum absolute atomic E-state index is 0.0609. The third-order valence-electron chi connectivity index (χ3n) is 1.81. The summed E-state index contributed by atoms with van der Waals surface area (Å²) in [5.41, 5.74) is 4.70. The highest BCUT2D eigenvalue weighted by Gasteiger charge is 2.20. The van der Waals surface area contributed by atoms with Crippen LogP contribution in [0.4, 0.5) is 11.5 Å². The Morgan fingerprint density at radius 3 is 2.68 bits per heavy atom. The molecule has 0 aliphatic heterocycles. The largest absolute Gasteiger partial charge is 0.459 e. The summed E-state index contributed by atoms with van der Waals surface area (Å²) in [7, 11) is 0. The van der Waals surface area contributed by atoms with Crippen molar-refractivity contribution in [3.63, 3.8) is 0 Å². The normalized spacial score (nSPS) is 11.1. The van der Waals surface area contributed by atoms with Gasteiger partial charge in [0, 0.05) is 6.07 Å². The molecule has 0 amide bonds. The van der Waals surface area contributed by atoms with Crippen LogP contribution in [0.1, 0.15) is 20.8 Å². The lowest BCUT2D eigenvalue weighted by Crippen LogP contribution is -2.25. The molecule has 104 valence electrons. The van der Waals surface area contributed by atoms with Crippen LogP contribution in [0.5, 0.6) is 0 Å². The van der Waals surface area contributed by atoms with Crippen LogP contribution in [0.25, 0.3) is 0 Å². The lowest BCUT2D eigenvalue weighted by atomic mass is 10.2. The molecule has 2 N–H and O–H groups in total. The molecule has 0 saturated heterocycles. The molecule has 0 atom stereocenters. The van der Waals surface area contributed by atoms with Gasteiger partial charge in [-0.1, -0.05) is 11.8 Å². The molecular formula is C11H15N3O4S. The second-order valence-electron chi connectivity index (χ2n) is 4.69. The predicted octanol–water partition coefficient (Wildman–Crippen LogP) is 2.01. The molecule has 1 aromatic heterocycles. The van der Waals surface area contributed by atoms with E-state index < -0.39 is 16.5 Å². The highest BCUT2D eigenvalue weighted by molar-refractivity contribution is 8.00. The summed E-state index contributed by atoms with van der Waals surface area (Å²) in [4.78, 5) is 25.6. The van der Waals surface area contributed by atoms with Gasteiger partial charge in [0.05, 0.1) is 10.7 Å². The first kappa shape index (κ1) is 15.2. The number of anilines is 1. The molecule has 0 aromatic carbocycles. The lowest BCUT2D eigenvalue weighted by Gasteiger charge is -2.19. The second kappa shape index (κ2) is 5.87. The number of ether oxygens (including phenoxy) is 1. The molecular weight excluding hydrogens is 270 g/mol. The zero-order chi connectivity index (χ0) is 14.6. The molecule has 0 saturated carbocycles. The summed E-state index contributed by atoms with van der Waals surface area (Å²) >= 11 is 0.931. The Kier molecular flexibility index (Phi) is 4.71. The number of hydrogen-bond acceptors (Lipinski definition) is 7. The number of carbonyl (C=O) groups excluding carboxylic acids is 1. The molecule has 0 aliphatic rings. The molecule has 0 fully saturated rings. The zero-order valence-corrected chi connectivity index (χ0v) is 11.7. The number of aromatic nitrogens is 1. The fourth-order valence-electron chi connectivity index (χ4n) is 1.19. The first-order chi connectivity index (χ1) is 8.69. The Hall–Kier alpha value is -1.83. The Labute approximate surface area is 114 Å². The Balaban J connectivity index is 2.75. The fraction of sp³-hybridized carbons (Fsp3) is 0.455. The van der Waals surface area contributed by atoms with Crippen LogP contribution in [0.3, 0.4) is 0 Å². The van der Waals surface area contributed by atoms with E-state index in [2.05, 4.69) is 4.98 Å². The Morgan fingerprint density at radius 2 is 2.16 bits per heavy atom. The van der Waals surface area contributed by atoms with Crippen molar-refractivity contribution in [2.75, 3.05) is 11.5 Å². The summed E-state index contributed by atoms with van der Waals surface area (Å²) in [5.74, 6) is -0.359. The number of nitrogens with two attached hydrogens (primary N) is 1. The zero-order valence-electron chi connectivity index (χ0n) is 10.9. The number of pyridine rings is 1. The smallest absolute Gasteiger partial charge is 0.316 e. The van der Waals surface area contributed by atoms with Crippen molar-refractivity contribution in [2.45, 2.75) is 31.4 Å². The van der Waals surface area contributed by atoms with E-state index in [1.807, 2.05) is 0 Å². The first-order valence-corrected chi connectivity index (χ1v) is 6.43. The molecule has 8 heteroatoms. The van der Waals surface area contributed by atoms with E-state index in [9.17, 15) is 14.9 Å². The van der Waals surface area contributed by atoms with Gasteiger partial charge in [-0.3, -0.25) is 14.9 Å². The molecule has 19 heavy (non-hydrogen) atoms. The summed E-state index contributed by atoms with van der Waals surface area (Å²) < 4.78 is 5.10. The highest BCUT2D eigenvalue weighted by Crippen LogP contribution is 2.28. The summed E-state index contributed by atoms with van der Waals surface area (Å²) in [6.45, 7) is 5.24. The van der Waals surface area contributed by atoms with E-state index in [1.165, 1.54) is 12.1 Å². The van der Waals surface area contributed by atoms with E-state index in [1.54, 1.807) is 20.8 Å². The van der Waals surface area contributed by atoms with E-state index in [0.29, 0.717) is 0 Å². The van der Waals surface area contributed by atoms with Gasteiger partial charge in [0.2, 0.25) is 0 Å². The number of rotatable bonds is 4. The van der Waals surface area contributed by atoms with Crippen LogP contribution < -0.4 is 5.73 Å². The molecule has 1 aromatic rings. The third kappa shape index (κ3) is 5.12. The maximum atomic E-state index is 11.5. The van der Waals surface area contributed by atoms with E-state index in [0.717, 1.165) is 11.8 Å². The molecule has 0 unspecified atom stereocenters. The number of nitrogens with zero attached hydrogens (tertiary/aromatic N) is 2. The van der Waals surface area contributed by atoms with Gasteiger partial charge in [-0.25, -0.2) is 4.98 Å². The Morgan fingerprint density at radius 1 is 1.53 bits per heavy atom. The van der Waals surface area contributed by atoms with Crippen LogP contribution in [0.2, 0.25) is 0 Å². The molecule has 0 spiro atoms. The number of thioether (sulfide) groups is 1. The molecule has 7 nitrogen and oxygen atoms in total. The quantitative estimate of drug-likeness (QED) is 0.390. The topological polar surface area (TPSA) is 108 Å². The maximum absolute atomic E-state index is 11.5. The maximum Gasteiger partial charge on any atom is 0.316 e. The Bertz CT molecular complexity index is 499. The summed E-state index contributed by atoms with van der Waals surface area (Å²) in [5, 5.41) is 10.9. The second-order valence-corrected chi connectivity index (χ2v) is 5.66. The van der Waals surface area contributed by atoms with Crippen molar-refractivity contribution in [3.8, 4) is 0 Å². The minimum Gasteiger partial charge on any atom is -0.459 e. The monoisotopic (exact) mass is 285 g/mol. The average molecular weight is 285 g/mol. The summed E-state index contributed by atoms with van der Waals surface area (Å²) in [6, 6.07) is 2.61. The minimum atomic E-state index is -0.591. The number of nitrogen functional groups attached to an aromatic ring is 1. The SMILES string of the molecule is CC(C)(C)OC(=O)CSc1nc(N)ccc1[N+](=O)[O-]. The predicted molar refractivity (Wildman–Crippen MR) is 71.9 cm³/mol. The van der Waals surface area contributed by atoms with Crippen LogP contribution in [-0.2, 0) is 9.53 Å². The fourth-order valence-corrected chi connectivity index (χ4v) is 1.96. The average Bonchev–Trinajstić information content (AvgIpc) is 2.23. The highest BCUT2D eigenvalue weighted by atomic mass is 32.2. The standard InChI is InChI=1S/C11H15N3O4S/c1-11(2,3)18-9(15)6-19-10-7(14(16)17)4-5-8(12)13-10/h4-5H,6H2,1-3H3,(H2,12,13). The van der Waals surface area contributed by atoms with Gasteiger partial charge >= 0.3 is 11.7 Å². The van der Waals surface area contributed by atoms with Gasteiger partial charge in [0.15, 0.2) is 5.03 Å². The van der Waals surface area contributed by atoms with Crippen LogP contribution in [0, 0.1) is 10.1 Å². The molecule has 0 bridgehead atoms. The van der Waals surface area contributed by atoms with Crippen molar-refractivity contribution in [2.24, 2.45) is 0 Å². The molecule has 0 aliphatic carbocycles. The van der Waals surface area contributed by atoms with E-state index in [4.69, 9.17) is 10.5 Å². The van der Waals surface area contributed by atoms with Crippen molar-refractivity contribution >= 4 is 29.2 Å².